The molecule has 0 saturated carbocycles. The molecule has 27 heavy (non-hydrogen) atoms. The minimum absolute atomic E-state index is 0.260. The van der Waals surface area contributed by atoms with Crippen molar-refractivity contribution >= 4 is 51.3 Å². The molecule has 0 fully saturated rings. The lowest BCUT2D eigenvalue weighted by Gasteiger charge is -2.16. The number of rotatable bonds is 6. The molecule has 1 heterocycles. The zero-order valence-electron chi connectivity index (χ0n) is 15.0. The van der Waals surface area contributed by atoms with Crippen LogP contribution >= 0.6 is 34.5 Å². The average Bonchev–Trinajstić information content (AvgIpc) is 3.12. The van der Waals surface area contributed by atoms with Crippen LogP contribution < -0.4 is 10.2 Å². The standard InChI is InChI=1S/C20H19Cl2N3OS/c1-3-25(4-2)20-24-18(12-27-20)13-5-7-17(8-6-13)23-19(26)14-9-15(21)11-16(22)10-14/h5-12H,3-4H2,1-2H3,(H,23,26). The van der Waals surface area contributed by atoms with Gasteiger partial charge in [0.25, 0.3) is 5.91 Å². The molecule has 0 radical (unpaired) electrons. The van der Waals surface area contributed by atoms with Gasteiger partial charge in [-0.1, -0.05) is 35.3 Å². The van der Waals surface area contributed by atoms with Crippen LogP contribution in [0.25, 0.3) is 11.3 Å². The number of aromatic nitrogens is 1. The second kappa shape index (κ2) is 8.74. The molecule has 1 aromatic heterocycles. The SMILES string of the molecule is CCN(CC)c1nc(-c2ccc(NC(=O)c3cc(Cl)cc(Cl)c3)cc2)cs1. The Balaban J connectivity index is 1.73. The van der Waals surface area contributed by atoms with Gasteiger partial charge in [0.1, 0.15) is 0 Å². The summed E-state index contributed by atoms with van der Waals surface area (Å²) in [6.07, 6.45) is 0. The third kappa shape index (κ3) is 4.80. The molecule has 1 amide bonds. The first-order chi connectivity index (χ1) is 13.0. The van der Waals surface area contributed by atoms with Gasteiger partial charge in [-0.15, -0.1) is 11.3 Å². The maximum atomic E-state index is 12.4. The Labute approximate surface area is 172 Å². The van der Waals surface area contributed by atoms with Gasteiger partial charge in [0, 0.05) is 45.3 Å². The van der Waals surface area contributed by atoms with Gasteiger partial charge in [-0.3, -0.25) is 4.79 Å². The molecule has 140 valence electrons. The normalized spacial score (nSPS) is 10.7. The van der Waals surface area contributed by atoms with E-state index in [1.54, 1.807) is 29.5 Å². The molecule has 2 aromatic carbocycles. The molecule has 7 heteroatoms. The second-order valence-electron chi connectivity index (χ2n) is 5.88. The quantitative estimate of drug-likeness (QED) is 0.515. The van der Waals surface area contributed by atoms with Crippen molar-refractivity contribution in [3.63, 3.8) is 0 Å². The van der Waals surface area contributed by atoms with E-state index in [-0.39, 0.29) is 5.91 Å². The molecule has 3 rings (SSSR count). The van der Waals surface area contributed by atoms with Gasteiger partial charge >= 0.3 is 0 Å². The number of hydrogen-bond donors (Lipinski definition) is 1. The summed E-state index contributed by atoms with van der Waals surface area (Å²) in [5, 5.41) is 6.77. The molecule has 1 N–H and O–H groups in total. The Kier molecular flexibility index (Phi) is 6.37. The summed E-state index contributed by atoms with van der Waals surface area (Å²) in [6.45, 7) is 6.11. The van der Waals surface area contributed by atoms with Gasteiger partial charge in [0.2, 0.25) is 0 Å². The van der Waals surface area contributed by atoms with E-state index in [1.807, 2.05) is 24.3 Å². The Bertz CT molecular complexity index is 916. The van der Waals surface area contributed by atoms with E-state index in [0.717, 1.165) is 29.5 Å². The molecule has 4 nitrogen and oxygen atoms in total. The summed E-state index contributed by atoms with van der Waals surface area (Å²) in [5.41, 5.74) is 3.05. The van der Waals surface area contributed by atoms with Gasteiger partial charge in [-0.05, 0) is 44.2 Å². The van der Waals surface area contributed by atoms with Crippen molar-refractivity contribution in [3.8, 4) is 11.3 Å². The molecular weight excluding hydrogens is 401 g/mol. The summed E-state index contributed by atoms with van der Waals surface area (Å²) >= 11 is 13.6. The molecule has 0 aliphatic rings. The van der Waals surface area contributed by atoms with Crippen LogP contribution in [0.1, 0.15) is 24.2 Å². The maximum absolute atomic E-state index is 12.4. The lowest BCUT2D eigenvalue weighted by molar-refractivity contribution is 0.102. The number of nitrogens with one attached hydrogen (secondary N) is 1. The lowest BCUT2D eigenvalue weighted by atomic mass is 10.1. The summed E-state index contributed by atoms with van der Waals surface area (Å²) in [7, 11) is 0. The van der Waals surface area contributed by atoms with Gasteiger partial charge in [0.15, 0.2) is 5.13 Å². The van der Waals surface area contributed by atoms with Crippen molar-refractivity contribution in [2.45, 2.75) is 13.8 Å². The first-order valence-corrected chi connectivity index (χ1v) is 10.2. The van der Waals surface area contributed by atoms with Crippen LogP contribution in [0, 0.1) is 0 Å². The minimum atomic E-state index is -0.260. The van der Waals surface area contributed by atoms with E-state index < -0.39 is 0 Å². The van der Waals surface area contributed by atoms with Gasteiger partial charge < -0.3 is 10.2 Å². The highest BCUT2D eigenvalue weighted by atomic mass is 35.5. The van der Waals surface area contributed by atoms with Crippen LogP contribution in [0.15, 0.2) is 47.8 Å². The fourth-order valence-corrected chi connectivity index (χ4v) is 4.14. The van der Waals surface area contributed by atoms with Gasteiger partial charge in [0.05, 0.1) is 5.69 Å². The number of nitrogens with zero attached hydrogens (tertiary/aromatic N) is 2. The molecule has 0 aliphatic carbocycles. The number of thiazole rings is 1. The predicted molar refractivity (Wildman–Crippen MR) is 116 cm³/mol. The van der Waals surface area contributed by atoms with Crippen LogP contribution in [0.5, 0.6) is 0 Å². The Morgan fingerprint density at radius 3 is 2.30 bits per heavy atom. The highest BCUT2D eigenvalue weighted by Gasteiger charge is 2.11. The van der Waals surface area contributed by atoms with Crippen molar-refractivity contribution in [1.29, 1.82) is 0 Å². The second-order valence-corrected chi connectivity index (χ2v) is 7.59. The third-order valence-corrected chi connectivity index (χ3v) is 5.43. The molecule has 0 saturated heterocycles. The maximum Gasteiger partial charge on any atom is 0.255 e. The molecule has 0 atom stereocenters. The molecule has 0 bridgehead atoms. The Morgan fingerprint density at radius 2 is 1.70 bits per heavy atom. The van der Waals surface area contributed by atoms with Gasteiger partial charge in [-0.2, -0.15) is 0 Å². The lowest BCUT2D eigenvalue weighted by Crippen LogP contribution is -2.21. The van der Waals surface area contributed by atoms with E-state index in [0.29, 0.717) is 21.3 Å². The van der Waals surface area contributed by atoms with Crippen LogP contribution in [0.4, 0.5) is 10.8 Å². The predicted octanol–water partition coefficient (Wildman–Crippen LogP) is 6.22. The minimum Gasteiger partial charge on any atom is -0.349 e. The van der Waals surface area contributed by atoms with Crippen LogP contribution in [0.2, 0.25) is 10.0 Å². The zero-order chi connectivity index (χ0) is 19.4. The molecule has 0 spiro atoms. The number of benzene rings is 2. The number of anilines is 2. The van der Waals surface area contributed by atoms with E-state index >= 15 is 0 Å². The summed E-state index contributed by atoms with van der Waals surface area (Å²) in [5.74, 6) is -0.260. The molecular formula is C20H19Cl2N3OS. The topological polar surface area (TPSA) is 45.2 Å². The number of halogens is 2. The van der Waals surface area contributed by atoms with E-state index in [4.69, 9.17) is 28.2 Å². The summed E-state index contributed by atoms with van der Waals surface area (Å²) < 4.78 is 0. The van der Waals surface area contributed by atoms with E-state index in [1.165, 1.54) is 0 Å². The Hall–Kier alpha value is -2.08. The molecule has 0 unspecified atom stereocenters. The highest BCUT2D eigenvalue weighted by Crippen LogP contribution is 2.28. The first-order valence-electron chi connectivity index (χ1n) is 8.58. The van der Waals surface area contributed by atoms with E-state index in [9.17, 15) is 4.79 Å². The summed E-state index contributed by atoms with van der Waals surface area (Å²) in [6, 6.07) is 12.4. The zero-order valence-corrected chi connectivity index (χ0v) is 17.3. The van der Waals surface area contributed by atoms with Crippen LogP contribution in [0.3, 0.4) is 0 Å². The van der Waals surface area contributed by atoms with Crippen molar-refractivity contribution in [2.75, 3.05) is 23.3 Å². The average molecular weight is 420 g/mol. The fourth-order valence-electron chi connectivity index (χ4n) is 2.65. The van der Waals surface area contributed by atoms with Crippen LogP contribution in [-0.4, -0.2) is 24.0 Å². The van der Waals surface area contributed by atoms with Crippen molar-refractivity contribution in [3.05, 3.63) is 63.5 Å². The fraction of sp³-hybridized carbons (Fsp3) is 0.200. The highest BCUT2D eigenvalue weighted by molar-refractivity contribution is 7.14. The Morgan fingerprint density at radius 1 is 1.07 bits per heavy atom. The molecule has 0 aliphatic heterocycles. The van der Waals surface area contributed by atoms with Crippen molar-refractivity contribution < 1.29 is 4.79 Å². The number of hydrogen-bond acceptors (Lipinski definition) is 4. The monoisotopic (exact) mass is 419 g/mol. The smallest absolute Gasteiger partial charge is 0.255 e. The van der Waals surface area contributed by atoms with Gasteiger partial charge in [-0.25, -0.2) is 4.98 Å². The first kappa shape index (κ1) is 19.7. The third-order valence-electron chi connectivity index (χ3n) is 4.09. The summed E-state index contributed by atoms with van der Waals surface area (Å²) in [4.78, 5) is 19.3. The number of amides is 1. The van der Waals surface area contributed by atoms with E-state index in [2.05, 4.69) is 29.4 Å². The van der Waals surface area contributed by atoms with Crippen molar-refractivity contribution in [1.82, 2.24) is 4.98 Å². The van der Waals surface area contributed by atoms with Crippen molar-refractivity contribution in [2.24, 2.45) is 0 Å². The molecule has 3 aromatic rings. The largest absolute Gasteiger partial charge is 0.349 e. The number of carbonyl (C=O) groups excluding carboxylic acids is 1. The number of carbonyl (C=O) groups is 1. The van der Waals surface area contributed by atoms with Crippen LogP contribution in [-0.2, 0) is 0 Å².